The molecule has 2 saturated heterocycles. The Morgan fingerprint density at radius 3 is 2.88 bits per heavy atom. The van der Waals surface area contributed by atoms with Gasteiger partial charge in [-0.25, -0.2) is 0 Å². The Morgan fingerprint density at radius 1 is 1.16 bits per heavy atom. The van der Waals surface area contributed by atoms with Crippen LogP contribution < -0.4 is 10.5 Å². The number of carbonyl (C=O) groups is 1. The molecule has 4 rings (SSSR count). The maximum absolute atomic E-state index is 11.9. The van der Waals surface area contributed by atoms with E-state index in [2.05, 4.69) is 10.00 Å². The molecule has 2 fully saturated rings. The molecule has 1 atom stereocenters. The molecular formula is C18H23N5O2. The molecule has 2 aromatic rings. The molecule has 0 radical (unpaired) electrons. The van der Waals surface area contributed by atoms with Gasteiger partial charge in [-0.15, -0.1) is 0 Å². The minimum atomic E-state index is 0.0465. The van der Waals surface area contributed by atoms with Crippen molar-refractivity contribution in [1.29, 1.82) is 0 Å². The molecule has 0 aromatic carbocycles. The number of hydrogen-bond acceptors (Lipinski definition) is 4. The fraction of sp³-hybridized carbons (Fsp3) is 0.500. The van der Waals surface area contributed by atoms with Gasteiger partial charge < -0.3 is 9.47 Å². The highest BCUT2D eigenvalue weighted by atomic mass is 16.2. The fourth-order valence-corrected chi connectivity index (χ4v) is 3.71. The van der Waals surface area contributed by atoms with Crippen LogP contribution in [-0.2, 0) is 11.3 Å². The van der Waals surface area contributed by atoms with E-state index in [4.69, 9.17) is 0 Å². The predicted molar refractivity (Wildman–Crippen MR) is 94.6 cm³/mol. The van der Waals surface area contributed by atoms with E-state index in [0.717, 1.165) is 44.7 Å². The molecule has 2 aromatic heterocycles. The second kappa shape index (κ2) is 6.84. The van der Waals surface area contributed by atoms with E-state index < -0.39 is 0 Å². The monoisotopic (exact) mass is 341 g/mol. The summed E-state index contributed by atoms with van der Waals surface area (Å²) < 4.78 is 3.74. The van der Waals surface area contributed by atoms with Crippen molar-refractivity contribution in [3.63, 3.8) is 0 Å². The fourth-order valence-electron chi connectivity index (χ4n) is 3.71. The summed E-state index contributed by atoms with van der Waals surface area (Å²) in [5.74, 6) is 0.195. The van der Waals surface area contributed by atoms with Gasteiger partial charge in [-0.2, -0.15) is 5.10 Å². The zero-order valence-electron chi connectivity index (χ0n) is 14.3. The lowest BCUT2D eigenvalue weighted by atomic mass is 10.3. The SMILES string of the molecule is O=C1CCCN1c1cnn(C2CCN(CCn3ccccc3=O)C2)c1. The molecule has 1 amide bonds. The zero-order valence-corrected chi connectivity index (χ0v) is 14.3. The largest absolute Gasteiger partial charge is 0.314 e. The van der Waals surface area contributed by atoms with Crippen LogP contribution in [0.3, 0.4) is 0 Å². The van der Waals surface area contributed by atoms with Crippen LogP contribution in [0.4, 0.5) is 5.69 Å². The van der Waals surface area contributed by atoms with E-state index in [1.807, 2.05) is 28.0 Å². The van der Waals surface area contributed by atoms with Crippen molar-refractivity contribution >= 4 is 11.6 Å². The molecule has 7 nitrogen and oxygen atoms in total. The van der Waals surface area contributed by atoms with Crippen LogP contribution in [0.15, 0.2) is 41.6 Å². The molecular weight excluding hydrogens is 318 g/mol. The van der Waals surface area contributed by atoms with Gasteiger partial charge in [0.15, 0.2) is 0 Å². The van der Waals surface area contributed by atoms with Crippen molar-refractivity contribution < 1.29 is 4.79 Å². The summed E-state index contributed by atoms with van der Waals surface area (Å²) in [6.07, 6.45) is 8.25. The van der Waals surface area contributed by atoms with Crippen molar-refractivity contribution in [1.82, 2.24) is 19.2 Å². The van der Waals surface area contributed by atoms with Crippen molar-refractivity contribution in [2.24, 2.45) is 0 Å². The van der Waals surface area contributed by atoms with Gasteiger partial charge in [0.05, 0.1) is 17.9 Å². The first kappa shape index (κ1) is 16.1. The molecule has 132 valence electrons. The quantitative estimate of drug-likeness (QED) is 0.818. The lowest BCUT2D eigenvalue weighted by molar-refractivity contribution is -0.117. The van der Waals surface area contributed by atoms with Crippen LogP contribution in [0.2, 0.25) is 0 Å². The summed E-state index contributed by atoms with van der Waals surface area (Å²) in [5, 5.41) is 4.48. The number of nitrogens with zero attached hydrogens (tertiary/aromatic N) is 5. The molecule has 25 heavy (non-hydrogen) atoms. The lowest BCUT2D eigenvalue weighted by Crippen LogP contribution is -2.29. The molecule has 1 unspecified atom stereocenters. The number of likely N-dealkylation sites (tertiary alicyclic amines) is 1. The first-order valence-electron chi connectivity index (χ1n) is 8.93. The third-order valence-corrected chi connectivity index (χ3v) is 5.15. The molecule has 0 aliphatic carbocycles. The molecule has 0 bridgehead atoms. The molecule has 2 aliphatic rings. The molecule has 7 heteroatoms. The van der Waals surface area contributed by atoms with Gasteiger partial charge >= 0.3 is 0 Å². The van der Waals surface area contributed by atoms with E-state index in [1.54, 1.807) is 22.9 Å². The number of rotatable bonds is 5. The second-order valence-electron chi connectivity index (χ2n) is 6.80. The van der Waals surface area contributed by atoms with Crippen LogP contribution in [0, 0.1) is 0 Å². The number of amides is 1. The Kier molecular flexibility index (Phi) is 4.40. The first-order chi connectivity index (χ1) is 12.2. The second-order valence-corrected chi connectivity index (χ2v) is 6.80. The van der Waals surface area contributed by atoms with E-state index in [9.17, 15) is 9.59 Å². The number of carbonyl (C=O) groups excluding carboxylic acids is 1. The number of pyridine rings is 1. The van der Waals surface area contributed by atoms with Gasteiger partial charge in [-0.1, -0.05) is 6.07 Å². The summed E-state index contributed by atoms with van der Waals surface area (Å²) in [7, 11) is 0. The Morgan fingerprint density at radius 2 is 2.08 bits per heavy atom. The predicted octanol–water partition coefficient (Wildman–Crippen LogP) is 1.12. The Hall–Kier alpha value is -2.41. The normalized spacial score (nSPS) is 21.4. The van der Waals surface area contributed by atoms with Crippen LogP contribution >= 0.6 is 0 Å². The standard InChI is InChI=1S/C18H23N5O2/c24-17-4-1-2-7-21(17)11-10-20-9-6-15(13-20)23-14-16(12-19-23)22-8-3-5-18(22)25/h1-2,4,7,12,14-15H,3,5-6,8-11,13H2. The van der Waals surface area contributed by atoms with Gasteiger partial charge in [0, 0.05) is 57.6 Å². The third kappa shape index (κ3) is 3.37. The number of aromatic nitrogens is 3. The minimum Gasteiger partial charge on any atom is -0.314 e. The minimum absolute atomic E-state index is 0.0465. The van der Waals surface area contributed by atoms with Crippen LogP contribution in [-0.4, -0.2) is 51.3 Å². The smallest absolute Gasteiger partial charge is 0.250 e. The van der Waals surface area contributed by atoms with E-state index in [0.29, 0.717) is 19.0 Å². The molecule has 0 spiro atoms. The first-order valence-corrected chi connectivity index (χ1v) is 8.93. The maximum Gasteiger partial charge on any atom is 0.250 e. The van der Waals surface area contributed by atoms with Crippen molar-refractivity contribution in [2.75, 3.05) is 31.1 Å². The molecule has 0 saturated carbocycles. The highest BCUT2D eigenvalue weighted by Gasteiger charge is 2.27. The molecule has 0 N–H and O–H groups in total. The maximum atomic E-state index is 11.9. The highest BCUT2D eigenvalue weighted by Crippen LogP contribution is 2.25. The summed E-state index contributed by atoms with van der Waals surface area (Å²) in [4.78, 5) is 27.8. The summed E-state index contributed by atoms with van der Waals surface area (Å²) in [5.41, 5.74) is 0.960. The number of hydrogen-bond donors (Lipinski definition) is 0. The van der Waals surface area contributed by atoms with Crippen molar-refractivity contribution in [3.05, 3.63) is 47.1 Å². The average molecular weight is 341 g/mol. The van der Waals surface area contributed by atoms with Crippen LogP contribution in [0.1, 0.15) is 25.3 Å². The van der Waals surface area contributed by atoms with Gasteiger partial charge in [0.2, 0.25) is 5.91 Å². The average Bonchev–Trinajstić information content (AvgIpc) is 3.33. The highest BCUT2D eigenvalue weighted by molar-refractivity contribution is 5.95. The van der Waals surface area contributed by atoms with Crippen molar-refractivity contribution in [2.45, 2.75) is 31.8 Å². The summed E-state index contributed by atoms with van der Waals surface area (Å²) in [6, 6.07) is 5.58. The van der Waals surface area contributed by atoms with Crippen LogP contribution in [0.5, 0.6) is 0 Å². The van der Waals surface area contributed by atoms with Gasteiger partial charge in [-0.05, 0) is 18.9 Å². The van der Waals surface area contributed by atoms with Gasteiger partial charge in [0.1, 0.15) is 0 Å². The molecule has 4 heterocycles. The topological polar surface area (TPSA) is 63.4 Å². The Balaban J connectivity index is 1.35. The summed E-state index contributed by atoms with van der Waals surface area (Å²) >= 11 is 0. The van der Waals surface area contributed by atoms with Crippen molar-refractivity contribution in [3.8, 4) is 0 Å². The van der Waals surface area contributed by atoms with E-state index in [1.165, 1.54) is 0 Å². The Bertz CT molecular complexity index is 812. The number of anilines is 1. The zero-order chi connectivity index (χ0) is 17.2. The van der Waals surface area contributed by atoms with Gasteiger partial charge in [0.25, 0.3) is 5.56 Å². The molecule has 2 aliphatic heterocycles. The van der Waals surface area contributed by atoms with E-state index in [-0.39, 0.29) is 11.5 Å². The third-order valence-electron chi connectivity index (χ3n) is 5.15. The van der Waals surface area contributed by atoms with Gasteiger partial charge in [-0.3, -0.25) is 19.2 Å². The van der Waals surface area contributed by atoms with Crippen LogP contribution in [0.25, 0.3) is 0 Å². The van der Waals surface area contributed by atoms with E-state index >= 15 is 0 Å². The Labute approximate surface area is 146 Å². The lowest BCUT2D eigenvalue weighted by Gasteiger charge is -2.17. The summed E-state index contributed by atoms with van der Waals surface area (Å²) in [6.45, 7) is 4.30.